The lowest BCUT2D eigenvalue weighted by Crippen LogP contribution is -2.39. The summed E-state index contributed by atoms with van der Waals surface area (Å²) in [4.78, 5) is 0. The van der Waals surface area contributed by atoms with Gasteiger partial charge >= 0.3 is 0 Å². The molecular weight excluding hydrogens is 236 g/mol. The SMILES string of the molecule is C#CC[C@](C)(/C=C/C1=CCCCC1)O[Si](C)(C)C. The molecule has 2 heteroatoms. The molecule has 1 atom stereocenters. The van der Waals surface area contributed by atoms with Crippen LogP contribution in [-0.2, 0) is 4.43 Å². The molecule has 0 N–H and O–H groups in total. The van der Waals surface area contributed by atoms with Crippen LogP contribution in [0.15, 0.2) is 23.8 Å². The molecule has 0 fully saturated rings. The molecule has 0 unspecified atom stereocenters. The Morgan fingerprint density at radius 3 is 2.67 bits per heavy atom. The van der Waals surface area contributed by atoms with E-state index in [0.29, 0.717) is 6.42 Å². The van der Waals surface area contributed by atoms with Gasteiger partial charge in [0.15, 0.2) is 8.32 Å². The summed E-state index contributed by atoms with van der Waals surface area (Å²) in [6, 6.07) is 0. The molecule has 18 heavy (non-hydrogen) atoms. The van der Waals surface area contributed by atoms with Gasteiger partial charge in [0.2, 0.25) is 0 Å². The molecule has 0 spiro atoms. The quantitative estimate of drug-likeness (QED) is 0.516. The van der Waals surface area contributed by atoms with Crippen molar-refractivity contribution in [2.24, 2.45) is 0 Å². The van der Waals surface area contributed by atoms with E-state index < -0.39 is 8.32 Å². The van der Waals surface area contributed by atoms with E-state index in [1.54, 1.807) is 0 Å². The molecule has 1 aliphatic carbocycles. The minimum atomic E-state index is -1.58. The number of allylic oxidation sites excluding steroid dienone is 3. The Balaban J connectivity index is 2.75. The van der Waals surface area contributed by atoms with Crippen molar-refractivity contribution in [1.29, 1.82) is 0 Å². The third-order valence-electron chi connectivity index (χ3n) is 2.97. The topological polar surface area (TPSA) is 9.23 Å². The zero-order valence-corrected chi connectivity index (χ0v) is 13.3. The van der Waals surface area contributed by atoms with Crippen LogP contribution in [0.3, 0.4) is 0 Å². The molecule has 0 radical (unpaired) electrons. The van der Waals surface area contributed by atoms with E-state index in [-0.39, 0.29) is 5.60 Å². The van der Waals surface area contributed by atoms with Crippen LogP contribution < -0.4 is 0 Å². The molecule has 0 aliphatic heterocycles. The average Bonchev–Trinajstić information content (AvgIpc) is 2.26. The normalized spacial score (nSPS) is 20.3. The van der Waals surface area contributed by atoms with Gasteiger partial charge in [-0.3, -0.25) is 0 Å². The van der Waals surface area contributed by atoms with Gasteiger partial charge in [0, 0.05) is 6.42 Å². The maximum absolute atomic E-state index is 6.24. The summed E-state index contributed by atoms with van der Waals surface area (Å²) in [7, 11) is -1.58. The summed E-state index contributed by atoms with van der Waals surface area (Å²) < 4.78 is 6.24. The fourth-order valence-corrected chi connectivity index (χ4v) is 3.87. The Kier molecular flexibility index (Phi) is 5.43. The summed E-state index contributed by atoms with van der Waals surface area (Å²) in [6.07, 6.45) is 17.9. The molecule has 0 aromatic heterocycles. The summed E-state index contributed by atoms with van der Waals surface area (Å²) >= 11 is 0. The van der Waals surface area contributed by atoms with E-state index in [1.807, 2.05) is 0 Å². The first kappa shape index (κ1) is 15.3. The van der Waals surface area contributed by atoms with E-state index >= 15 is 0 Å². The van der Waals surface area contributed by atoms with E-state index in [0.717, 1.165) is 0 Å². The summed E-state index contributed by atoms with van der Waals surface area (Å²) in [5, 5.41) is 0. The average molecular weight is 262 g/mol. The van der Waals surface area contributed by atoms with Crippen LogP contribution in [-0.4, -0.2) is 13.9 Å². The number of hydrogen-bond donors (Lipinski definition) is 0. The highest BCUT2D eigenvalue weighted by Crippen LogP contribution is 2.25. The maximum Gasteiger partial charge on any atom is 0.184 e. The van der Waals surface area contributed by atoms with E-state index in [4.69, 9.17) is 10.8 Å². The molecule has 0 aromatic carbocycles. The molecule has 0 saturated carbocycles. The van der Waals surface area contributed by atoms with Gasteiger partial charge in [0.05, 0.1) is 5.60 Å². The highest BCUT2D eigenvalue weighted by atomic mass is 28.4. The van der Waals surface area contributed by atoms with Crippen LogP contribution in [0, 0.1) is 12.3 Å². The first-order chi connectivity index (χ1) is 8.35. The van der Waals surface area contributed by atoms with Gasteiger partial charge in [0.1, 0.15) is 0 Å². The van der Waals surface area contributed by atoms with Gasteiger partial charge in [-0.15, -0.1) is 12.3 Å². The van der Waals surface area contributed by atoms with Crippen LogP contribution in [0.4, 0.5) is 0 Å². The fraction of sp³-hybridized carbons (Fsp3) is 0.625. The Bertz CT molecular complexity index is 368. The molecule has 0 bridgehead atoms. The minimum Gasteiger partial charge on any atom is -0.408 e. The van der Waals surface area contributed by atoms with Crippen LogP contribution in [0.25, 0.3) is 0 Å². The van der Waals surface area contributed by atoms with Crippen molar-refractivity contribution in [3.8, 4) is 12.3 Å². The van der Waals surface area contributed by atoms with Crippen molar-refractivity contribution in [3.05, 3.63) is 23.8 Å². The molecular formula is C16H26OSi. The van der Waals surface area contributed by atoms with Crippen LogP contribution in [0.5, 0.6) is 0 Å². The van der Waals surface area contributed by atoms with Crippen LogP contribution >= 0.6 is 0 Å². The third-order valence-corrected chi connectivity index (χ3v) is 4.05. The number of terminal acetylenes is 1. The Labute approximate surface area is 113 Å². The predicted molar refractivity (Wildman–Crippen MR) is 82.0 cm³/mol. The first-order valence-corrected chi connectivity index (χ1v) is 10.3. The van der Waals surface area contributed by atoms with E-state index in [9.17, 15) is 0 Å². The van der Waals surface area contributed by atoms with Crippen LogP contribution in [0.2, 0.25) is 19.6 Å². The summed E-state index contributed by atoms with van der Waals surface area (Å²) in [5.41, 5.74) is 1.13. The Hall–Kier alpha value is -0.783. The monoisotopic (exact) mass is 262 g/mol. The highest BCUT2D eigenvalue weighted by molar-refractivity contribution is 6.69. The van der Waals surface area contributed by atoms with E-state index in [2.05, 4.69) is 50.7 Å². The molecule has 0 aromatic rings. The lowest BCUT2D eigenvalue weighted by atomic mass is 9.96. The Morgan fingerprint density at radius 2 is 2.17 bits per heavy atom. The smallest absolute Gasteiger partial charge is 0.184 e. The van der Waals surface area contributed by atoms with Crippen molar-refractivity contribution in [1.82, 2.24) is 0 Å². The molecule has 0 saturated heterocycles. The lowest BCUT2D eigenvalue weighted by Gasteiger charge is -2.32. The summed E-state index contributed by atoms with van der Waals surface area (Å²) in [5.74, 6) is 2.75. The van der Waals surface area contributed by atoms with E-state index in [1.165, 1.54) is 31.3 Å². The lowest BCUT2D eigenvalue weighted by molar-refractivity contribution is 0.138. The van der Waals surface area contributed by atoms with Gasteiger partial charge in [-0.25, -0.2) is 0 Å². The van der Waals surface area contributed by atoms with Crippen molar-refractivity contribution in [2.75, 3.05) is 0 Å². The maximum atomic E-state index is 6.24. The minimum absolute atomic E-state index is 0.308. The van der Waals surface area contributed by atoms with Gasteiger partial charge in [-0.05, 0) is 52.2 Å². The first-order valence-electron chi connectivity index (χ1n) is 6.87. The predicted octanol–water partition coefficient (Wildman–Crippen LogP) is 4.68. The number of rotatable bonds is 5. The van der Waals surface area contributed by atoms with Crippen molar-refractivity contribution in [2.45, 2.75) is 64.3 Å². The molecule has 1 nitrogen and oxygen atoms in total. The number of hydrogen-bond acceptors (Lipinski definition) is 1. The zero-order valence-electron chi connectivity index (χ0n) is 12.3. The highest BCUT2D eigenvalue weighted by Gasteiger charge is 2.28. The molecule has 1 aliphatic rings. The van der Waals surface area contributed by atoms with Gasteiger partial charge in [-0.2, -0.15) is 0 Å². The summed E-state index contributed by atoms with van der Waals surface area (Å²) in [6.45, 7) is 8.71. The second kappa shape index (κ2) is 6.40. The van der Waals surface area contributed by atoms with Gasteiger partial charge < -0.3 is 4.43 Å². The van der Waals surface area contributed by atoms with Crippen molar-refractivity contribution in [3.63, 3.8) is 0 Å². The molecule has 0 amide bonds. The Morgan fingerprint density at radius 1 is 1.44 bits per heavy atom. The van der Waals surface area contributed by atoms with Crippen molar-refractivity contribution >= 4 is 8.32 Å². The van der Waals surface area contributed by atoms with Gasteiger partial charge in [-0.1, -0.05) is 23.8 Å². The standard InChI is InChI=1S/C16H26OSi/c1-6-13-16(2,17-18(3,4)5)14-12-15-10-8-7-9-11-15/h1,10,12,14H,7-9,11,13H2,2-5H3/b14-12+/t16-/m1/s1. The van der Waals surface area contributed by atoms with Crippen molar-refractivity contribution < 1.29 is 4.43 Å². The second-order valence-corrected chi connectivity index (χ2v) is 10.7. The second-order valence-electron chi connectivity index (χ2n) is 6.27. The molecule has 100 valence electrons. The largest absolute Gasteiger partial charge is 0.408 e. The molecule has 1 rings (SSSR count). The third kappa shape index (κ3) is 5.71. The zero-order chi connectivity index (χ0) is 13.6. The van der Waals surface area contributed by atoms with Gasteiger partial charge in [0.25, 0.3) is 0 Å². The molecule has 0 heterocycles. The van der Waals surface area contributed by atoms with Crippen LogP contribution in [0.1, 0.15) is 39.0 Å². The fourth-order valence-electron chi connectivity index (χ4n) is 2.33.